The van der Waals surface area contributed by atoms with Crippen LogP contribution in [0.4, 0.5) is 0 Å². The van der Waals surface area contributed by atoms with Crippen molar-refractivity contribution in [3.63, 3.8) is 0 Å². The average molecular weight is 615 g/mol. The van der Waals surface area contributed by atoms with Gasteiger partial charge in [0.1, 0.15) is 67.1 Å². The maximum atomic E-state index is 11.1. The van der Waals surface area contributed by atoms with Gasteiger partial charge < -0.3 is 98.6 Å². The SMILES string of the molecule is NC[C@H]1O[C@H](O[C@H]2[C@@H](O)[C@H](O[C@H]3[C@@H](O)[C@H](N)C[C@H](N)[C@H]3O[C@H]3O[C@H](CN)[C@@H](O)[C@@H](O)[C@H]3N)O[C@@H]2CO)[C@H](N)[C@@H](O)[C@@H]1O. The van der Waals surface area contributed by atoms with Crippen LogP contribution in [0.25, 0.3) is 0 Å². The summed E-state index contributed by atoms with van der Waals surface area (Å²) in [6, 6.07) is -4.18. The van der Waals surface area contributed by atoms with Gasteiger partial charge in [-0.2, -0.15) is 0 Å². The van der Waals surface area contributed by atoms with E-state index in [9.17, 15) is 35.7 Å². The van der Waals surface area contributed by atoms with Crippen molar-refractivity contribution in [3.05, 3.63) is 0 Å². The highest BCUT2D eigenvalue weighted by atomic mass is 16.8. The lowest BCUT2D eigenvalue weighted by molar-refractivity contribution is -0.306. The standard InChI is InChI=1S/C23H46N6O13/c24-2-7-13(32)15(34)10(28)21(37-7)40-18-6(27)1-5(26)12(31)20(18)42-23-17(36)19(9(4-30)39-23)41-22-11(29)16(35)14(33)8(3-25)38-22/h5-23,30-36H,1-4,24-29H2/t5-,6+,7-,8-,9-,10-,11-,12+,13-,14-,15+,16-,17-,18-,19-,20+,21-,22-,23+/m1/s1. The minimum absolute atomic E-state index is 0.0889. The first-order valence-corrected chi connectivity index (χ1v) is 13.9. The van der Waals surface area contributed by atoms with Crippen LogP contribution in [0, 0.1) is 0 Å². The van der Waals surface area contributed by atoms with Crippen LogP contribution in [0.1, 0.15) is 6.42 Å². The monoisotopic (exact) mass is 614 g/mol. The number of rotatable bonds is 9. The number of aliphatic hydroxyl groups is 7. The molecule has 3 heterocycles. The average Bonchev–Trinajstić information content (AvgIpc) is 3.27. The fraction of sp³-hybridized carbons (Fsp3) is 1.00. The third kappa shape index (κ3) is 6.60. The van der Waals surface area contributed by atoms with Crippen LogP contribution in [0.2, 0.25) is 0 Å². The molecule has 0 amide bonds. The fourth-order valence-corrected chi connectivity index (χ4v) is 5.74. The van der Waals surface area contributed by atoms with Crippen molar-refractivity contribution in [3.8, 4) is 0 Å². The molecule has 0 spiro atoms. The Morgan fingerprint density at radius 3 is 1.45 bits per heavy atom. The highest BCUT2D eigenvalue weighted by Gasteiger charge is 2.54. The molecule has 42 heavy (non-hydrogen) atoms. The van der Waals surface area contributed by atoms with E-state index in [-0.39, 0.29) is 19.5 Å². The van der Waals surface area contributed by atoms with E-state index in [0.29, 0.717) is 0 Å². The van der Waals surface area contributed by atoms with Gasteiger partial charge in [-0.25, -0.2) is 0 Å². The summed E-state index contributed by atoms with van der Waals surface area (Å²) in [6.45, 7) is -0.967. The van der Waals surface area contributed by atoms with Crippen molar-refractivity contribution in [2.24, 2.45) is 34.4 Å². The van der Waals surface area contributed by atoms with Crippen molar-refractivity contribution in [2.45, 2.75) is 123 Å². The van der Waals surface area contributed by atoms with Crippen molar-refractivity contribution in [2.75, 3.05) is 19.7 Å². The van der Waals surface area contributed by atoms with Gasteiger partial charge in [-0.15, -0.1) is 0 Å². The van der Waals surface area contributed by atoms with E-state index in [1.54, 1.807) is 0 Å². The van der Waals surface area contributed by atoms with Gasteiger partial charge in [0.05, 0.1) is 24.8 Å². The van der Waals surface area contributed by atoms with Gasteiger partial charge in [0.25, 0.3) is 0 Å². The third-order valence-electron chi connectivity index (χ3n) is 8.37. The first kappa shape index (κ1) is 34.1. The van der Waals surface area contributed by atoms with E-state index in [0.717, 1.165) is 0 Å². The molecule has 4 fully saturated rings. The smallest absolute Gasteiger partial charge is 0.187 e. The lowest BCUT2D eigenvalue weighted by atomic mass is 9.84. The molecule has 19 heteroatoms. The third-order valence-corrected chi connectivity index (χ3v) is 8.37. The Morgan fingerprint density at radius 1 is 0.524 bits per heavy atom. The second kappa shape index (κ2) is 14.1. The van der Waals surface area contributed by atoms with Crippen LogP contribution in [0.5, 0.6) is 0 Å². The molecular weight excluding hydrogens is 568 g/mol. The molecule has 1 aliphatic carbocycles. The minimum atomic E-state index is -1.60. The van der Waals surface area contributed by atoms with Gasteiger partial charge in [0.2, 0.25) is 0 Å². The van der Waals surface area contributed by atoms with Crippen LogP contribution >= 0.6 is 0 Å². The van der Waals surface area contributed by atoms with Crippen molar-refractivity contribution < 1.29 is 64.2 Å². The number of nitrogens with two attached hydrogens (primary N) is 6. The lowest BCUT2D eigenvalue weighted by Crippen LogP contribution is -2.68. The molecule has 4 rings (SSSR count). The maximum Gasteiger partial charge on any atom is 0.187 e. The summed E-state index contributed by atoms with van der Waals surface area (Å²) in [5.74, 6) is 0. The van der Waals surface area contributed by atoms with Gasteiger partial charge in [0, 0.05) is 25.2 Å². The molecule has 3 saturated heterocycles. The zero-order valence-corrected chi connectivity index (χ0v) is 22.8. The van der Waals surface area contributed by atoms with E-state index in [2.05, 4.69) is 0 Å². The Hall–Kier alpha value is -0.760. The van der Waals surface area contributed by atoms with Crippen LogP contribution in [0.15, 0.2) is 0 Å². The number of aliphatic hydroxyl groups excluding tert-OH is 7. The molecule has 4 aliphatic rings. The van der Waals surface area contributed by atoms with Crippen LogP contribution in [0.3, 0.4) is 0 Å². The quantitative estimate of drug-likeness (QED) is 0.115. The molecule has 0 aromatic heterocycles. The molecule has 19 nitrogen and oxygen atoms in total. The second-order valence-corrected chi connectivity index (χ2v) is 11.2. The molecule has 246 valence electrons. The summed E-state index contributed by atoms with van der Waals surface area (Å²) in [5.41, 5.74) is 35.6. The summed E-state index contributed by atoms with van der Waals surface area (Å²) < 4.78 is 34.6. The molecule has 0 unspecified atom stereocenters. The normalized spacial score (nSPS) is 53.8. The molecule has 19 atom stereocenters. The van der Waals surface area contributed by atoms with Crippen LogP contribution < -0.4 is 34.4 Å². The van der Waals surface area contributed by atoms with Gasteiger partial charge >= 0.3 is 0 Å². The van der Waals surface area contributed by atoms with E-state index < -0.39 is 123 Å². The summed E-state index contributed by atoms with van der Waals surface area (Å²) >= 11 is 0. The van der Waals surface area contributed by atoms with Gasteiger partial charge in [0.15, 0.2) is 18.9 Å². The van der Waals surface area contributed by atoms with Crippen LogP contribution in [-0.4, -0.2) is 172 Å². The first-order valence-electron chi connectivity index (χ1n) is 13.9. The molecule has 1 saturated carbocycles. The first-order chi connectivity index (χ1) is 19.8. The highest BCUT2D eigenvalue weighted by molar-refractivity contribution is 5.02. The molecular formula is C23H46N6O13. The molecule has 3 aliphatic heterocycles. The number of hydrogen-bond donors (Lipinski definition) is 13. The van der Waals surface area contributed by atoms with Crippen molar-refractivity contribution in [1.82, 2.24) is 0 Å². The molecule has 0 aromatic rings. The van der Waals surface area contributed by atoms with Gasteiger partial charge in [-0.3, -0.25) is 0 Å². The van der Waals surface area contributed by atoms with E-state index in [1.165, 1.54) is 0 Å². The molecule has 0 bridgehead atoms. The van der Waals surface area contributed by atoms with Crippen molar-refractivity contribution in [1.29, 1.82) is 0 Å². The van der Waals surface area contributed by atoms with E-state index in [1.807, 2.05) is 0 Å². The summed E-state index contributed by atoms with van der Waals surface area (Å²) in [6.07, 6.45) is -19.8. The van der Waals surface area contributed by atoms with Gasteiger partial charge in [-0.1, -0.05) is 0 Å². The lowest BCUT2D eigenvalue weighted by Gasteiger charge is -2.47. The predicted molar refractivity (Wildman–Crippen MR) is 138 cm³/mol. The summed E-state index contributed by atoms with van der Waals surface area (Å²) in [4.78, 5) is 0. The number of ether oxygens (including phenoxy) is 6. The Morgan fingerprint density at radius 2 is 0.976 bits per heavy atom. The zero-order valence-electron chi connectivity index (χ0n) is 22.8. The Bertz CT molecular complexity index is 868. The molecule has 0 radical (unpaired) electrons. The highest BCUT2D eigenvalue weighted by Crippen LogP contribution is 2.34. The topological polar surface area (TPSA) is 353 Å². The molecule has 0 aromatic carbocycles. The maximum absolute atomic E-state index is 11.1. The van der Waals surface area contributed by atoms with Crippen molar-refractivity contribution >= 4 is 0 Å². The molecule has 19 N–H and O–H groups in total. The minimum Gasteiger partial charge on any atom is -0.394 e. The summed E-state index contributed by atoms with van der Waals surface area (Å²) in [5, 5.41) is 73.0. The number of hydrogen-bond acceptors (Lipinski definition) is 19. The zero-order chi connectivity index (χ0) is 31.0. The predicted octanol–water partition coefficient (Wildman–Crippen LogP) is -8.90. The van der Waals surface area contributed by atoms with Gasteiger partial charge in [-0.05, 0) is 6.42 Å². The van der Waals surface area contributed by atoms with Crippen LogP contribution in [-0.2, 0) is 28.4 Å². The largest absolute Gasteiger partial charge is 0.394 e. The Balaban J connectivity index is 1.50. The van der Waals surface area contributed by atoms with E-state index in [4.69, 9.17) is 62.8 Å². The second-order valence-electron chi connectivity index (χ2n) is 11.2. The fourth-order valence-electron chi connectivity index (χ4n) is 5.74. The Kier molecular flexibility index (Phi) is 11.5. The summed E-state index contributed by atoms with van der Waals surface area (Å²) in [7, 11) is 0. The van der Waals surface area contributed by atoms with E-state index >= 15 is 0 Å². The Labute approximate surface area is 241 Å².